The first-order valence-corrected chi connectivity index (χ1v) is 3.26. The molecule has 0 fully saturated rings. The molecule has 0 saturated heterocycles. The molecule has 5 nitrogen and oxygen atoms in total. The second-order valence-electron chi connectivity index (χ2n) is 2.29. The summed E-state index contributed by atoms with van der Waals surface area (Å²) in [6, 6.07) is 0. The van der Waals surface area contributed by atoms with Crippen LogP contribution in [0.15, 0.2) is 0 Å². The van der Waals surface area contributed by atoms with Gasteiger partial charge in [0.15, 0.2) is 0 Å². The molecule has 0 aromatic carbocycles. The fourth-order valence-electron chi connectivity index (χ4n) is 1.09. The molecule has 5 heteroatoms. The summed E-state index contributed by atoms with van der Waals surface area (Å²) in [4.78, 5) is 4.02. The van der Waals surface area contributed by atoms with E-state index in [0.29, 0.717) is 5.95 Å². The number of fused-ring (bicyclic) bond motifs is 1. The van der Waals surface area contributed by atoms with Crippen molar-refractivity contribution >= 4 is 5.95 Å². The van der Waals surface area contributed by atoms with E-state index in [1.807, 2.05) is 4.68 Å². The first-order valence-electron chi connectivity index (χ1n) is 3.26. The maximum absolute atomic E-state index is 5.39. The smallest absolute Gasteiger partial charge is 0.239 e. The summed E-state index contributed by atoms with van der Waals surface area (Å²) < 4.78 is 1.84. The van der Waals surface area contributed by atoms with Crippen LogP contribution in [0, 0.1) is 0 Å². The molecule has 0 unspecified atom stereocenters. The van der Waals surface area contributed by atoms with Crippen LogP contribution in [0.2, 0.25) is 0 Å². The fourth-order valence-corrected chi connectivity index (χ4v) is 1.09. The van der Waals surface area contributed by atoms with Crippen LogP contribution in [0.4, 0.5) is 5.95 Å². The number of anilines is 1. The summed E-state index contributed by atoms with van der Waals surface area (Å²) >= 11 is 0. The number of aromatic nitrogens is 3. The van der Waals surface area contributed by atoms with Gasteiger partial charge in [-0.25, -0.2) is 4.68 Å². The van der Waals surface area contributed by atoms with Crippen molar-refractivity contribution in [1.82, 2.24) is 20.1 Å². The Bertz CT molecular complexity index is 217. The Morgan fingerprint density at radius 2 is 2.50 bits per heavy atom. The van der Waals surface area contributed by atoms with Crippen LogP contribution in [0.1, 0.15) is 5.82 Å². The zero-order valence-corrected chi connectivity index (χ0v) is 5.54. The Morgan fingerprint density at radius 3 is 3.30 bits per heavy atom. The summed E-state index contributed by atoms with van der Waals surface area (Å²) in [6.07, 6.45) is 0. The van der Waals surface area contributed by atoms with Crippen LogP contribution < -0.4 is 11.1 Å². The molecule has 0 radical (unpaired) electrons. The Labute approximate surface area is 58.2 Å². The molecule has 10 heavy (non-hydrogen) atoms. The number of nitrogens with one attached hydrogen (secondary N) is 1. The van der Waals surface area contributed by atoms with E-state index in [0.717, 1.165) is 25.5 Å². The van der Waals surface area contributed by atoms with Crippen LogP contribution >= 0.6 is 0 Å². The quantitative estimate of drug-likeness (QED) is 0.482. The van der Waals surface area contributed by atoms with E-state index < -0.39 is 0 Å². The molecule has 2 rings (SSSR count). The maximum atomic E-state index is 5.39. The van der Waals surface area contributed by atoms with Gasteiger partial charge in [-0.15, -0.1) is 5.10 Å². The fraction of sp³-hybridized carbons (Fsp3) is 0.600. The van der Waals surface area contributed by atoms with E-state index in [1.54, 1.807) is 0 Å². The zero-order chi connectivity index (χ0) is 6.97. The molecule has 54 valence electrons. The van der Waals surface area contributed by atoms with Gasteiger partial charge in [0.25, 0.3) is 0 Å². The number of hydrogen-bond acceptors (Lipinski definition) is 4. The van der Waals surface area contributed by atoms with Gasteiger partial charge >= 0.3 is 0 Å². The lowest BCUT2D eigenvalue weighted by molar-refractivity contribution is 0.469. The Balaban J connectivity index is 2.41. The summed E-state index contributed by atoms with van der Waals surface area (Å²) in [7, 11) is 0. The molecule has 0 aliphatic carbocycles. The van der Waals surface area contributed by atoms with Crippen molar-refractivity contribution in [3.05, 3.63) is 5.82 Å². The molecule has 1 aromatic rings. The van der Waals surface area contributed by atoms with Crippen molar-refractivity contribution < 1.29 is 0 Å². The molecule has 1 aliphatic heterocycles. The van der Waals surface area contributed by atoms with Crippen LogP contribution in [-0.2, 0) is 13.1 Å². The van der Waals surface area contributed by atoms with Gasteiger partial charge in [0.05, 0.1) is 13.1 Å². The molecule has 0 saturated carbocycles. The van der Waals surface area contributed by atoms with Gasteiger partial charge in [-0.3, -0.25) is 0 Å². The molecule has 0 atom stereocenters. The number of rotatable bonds is 0. The van der Waals surface area contributed by atoms with Crippen molar-refractivity contribution in [2.75, 3.05) is 12.3 Å². The van der Waals surface area contributed by atoms with Gasteiger partial charge < -0.3 is 11.1 Å². The van der Waals surface area contributed by atoms with E-state index in [1.165, 1.54) is 0 Å². The van der Waals surface area contributed by atoms with Crippen molar-refractivity contribution in [3.63, 3.8) is 0 Å². The lowest BCUT2D eigenvalue weighted by atomic mass is 10.4. The normalized spacial score (nSPS) is 16.8. The van der Waals surface area contributed by atoms with E-state index in [-0.39, 0.29) is 0 Å². The summed E-state index contributed by atoms with van der Waals surface area (Å²) in [5.41, 5.74) is 5.39. The van der Waals surface area contributed by atoms with Crippen LogP contribution in [0.5, 0.6) is 0 Å². The number of nitrogens with two attached hydrogens (primary N) is 1. The third kappa shape index (κ3) is 0.750. The first-order chi connectivity index (χ1) is 4.86. The van der Waals surface area contributed by atoms with Crippen molar-refractivity contribution in [2.45, 2.75) is 13.1 Å². The highest BCUT2D eigenvalue weighted by Crippen LogP contribution is 2.02. The molecule has 1 aromatic heterocycles. The highest BCUT2D eigenvalue weighted by molar-refractivity contribution is 5.14. The average molecular weight is 139 g/mol. The Hall–Kier alpha value is -1.10. The van der Waals surface area contributed by atoms with Crippen molar-refractivity contribution in [1.29, 1.82) is 0 Å². The SMILES string of the molecule is Nc1nc2n(n1)CCNC2. The lowest BCUT2D eigenvalue weighted by Crippen LogP contribution is -2.28. The van der Waals surface area contributed by atoms with Gasteiger partial charge in [-0.1, -0.05) is 0 Å². The molecule has 2 heterocycles. The maximum Gasteiger partial charge on any atom is 0.239 e. The van der Waals surface area contributed by atoms with E-state index in [2.05, 4.69) is 15.4 Å². The molecule has 3 N–H and O–H groups in total. The van der Waals surface area contributed by atoms with Gasteiger partial charge in [0, 0.05) is 6.54 Å². The molecular formula is C5H9N5. The summed E-state index contributed by atoms with van der Waals surface area (Å²) in [6.45, 7) is 2.61. The van der Waals surface area contributed by atoms with Gasteiger partial charge in [0.2, 0.25) is 5.95 Å². The van der Waals surface area contributed by atoms with Gasteiger partial charge in [-0.05, 0) is 0 Å². The first kappa shape index (κ1) is 5.67. The summed E-state index contributed by atoms with van der Waals surface area (Å²) in [5, 5.41) is 7.17. The minimum absolute atomic E-state index is 0.374. The third-order valence-electron chi connectivity index (χ3n) is 1.55. The second kappa shape index (κ2) is 1.95. The topological polar surface area (TPSA) is 68.8 Å². The minimum atomic E-state index is 0.374. The van der Waals surface area contributed by atoms with Crippen LogP contribution in [-0.4, -0.2) is 21.3 Å². The second-order valence-corrected chi connectivity index (χ2v) is 2.29. The highest BCUT2D eigenvalue weighted by atomic mass is 15.4. The zero-order valence-electron chi connectivity index (χ0n) is 5.54. The number of nitrogens with zero attached hydrogens (tertiary/aromatic N) is 3. The molecule has 0 spiro atoms. The highest BCUT2D eigenvalue weighted by Gasteiger charge is 2.10. The molecular weight excluding hydrogens is 130 g/mol. The molecule has 0 bridgehead atoms. The monoisotopic (exact) mass is 139 g/mol. The Kier molecular flexibility index (Phi) is 1.10. The molecule has 1 aliphatic rings. The van der Waals surface area contributed by atoms with Crippen molar-refractivity contribution in [2.24, 2.45) is 0 Å². The summed E-state index contributed by atoms with van der Waals surface area (Å²) in [5.74, 6) is 1.31. The number of hydrogen-bond donors (Lipinski definition) is 2. The van der Waals surface area contributed by atoms with Gasteiger partial charge in [-0.2, -0.15) is 4.98 Å². The van der Waals surface area contributed by atoms with Crippen LogP contribution in [0.3, 0.4) is 0 Å². The third-order valence-corrected chi connectivity index (χ3v) is 1.55. The van der Waals surface area contributed by atoms with Gasteiger partial charge in [0.1, 0.15) is 5.82 Å². The minimum Gasteiger partial charge on any atom is -0.366 e. The van der Waals surface area contributed by atoms with E-state index in [9.17, 15) is 0 Å². The van der Waals surface area contributed by atoms with Crippen molar-refractivity contribution in [3.8, 4) is 0 Å². The molecule has 0 amide bonds. The Morgan fingerprint density at radius 1 is 1.60 bits per heavy atom. The lowest BCUT2D eigenvalue weighted by Gasteiger charge is -2.11. The largest absolute Gasteiger partial charge is 0.366 e. The predicted molar refractivity (Wildman–Crippen MR) is 36.1 cm³/mol. The number of nitrogen functional groups attached to an aromatic ring is 1. The van der Waals surface area contributed by atoms with E-state index in [4.69, 9.17) is 5.73 Å². The predicted octanol–water partition coefficient (Wildman–Crippen LogP) is -1.04. The average Bonchev–Trinajstić information content (AvgIpc) is 2.27. The van der Waals surface area contributed by atoms with Crippen LogP contribution in [0.25, 0.3) is 0 Å². The standard InChI is InChI=1S/C5H9N5/c6-5-8-4-3-7-1-2-10(4)9-5/h7H,1-3H2,(H2,6,9). The van der Waals surface area contributed by atoms with E-state index >= 15 is 0 Å².